The molecule has 0 spiro atoms. The van der Waals surface area contributed by atoms with Crippen LogP contribution >= 0.6 is 0 Å². The van der Waals surface area contributed by atoms with Crippen molar-refractivity contribution in [1.29, 1.82) is 0 Å². The number of nitrogens with one attached hydrogen (secondary N) is 1. The molecule has 3 unspecified atom stereocenters. The third-order valence-electron chi connectivity index (χ3n) is 5.42. The molecule has 1 aromatic carbocycles. The van der Waals surface area contributed by atoms with Gasteiger partial charge < -0.3 is 5.32 Å². The molecule has 0 radical (unpaired) electrons. The minimum absolute atomic E-state index is 0.678. The molecule has 0 aromatic heterocycles. The first kappa shape index (κ1) is 16.5. The Hall–Kier alpha value is -0.820. The van der Waals surface area contributed by atoms with Crippen LogP contribution in [0.25, 0.3) is 0 Å². The van der Waals surface area contributed by atoms with E-state index in [9.17, 15) is 0 Å². The fourth-order valence-corrected chi connectivity index (χ4v) is 4.11. The van der Waals surface area contributed by atoms with Crippen molar-refractivity contribution in [2.45, 2.75) is 77.2 Å². The number of fused-ring (bicyclic) bond motifs is 1. The molecule has 1 aliphatic rings. The van der Waals surface area contributed by atoms with Crippen LogP contribution < -0.4 is 5.32 Å². The number of rotatable bonds is 8. The zero-order valence-corrected chi connectivity index (χ0v) is 14.2. The molecule has 2 rings (SSSR count). The molecule has 0 saturated carbocycles. The van der Waals surface area contributed by atoms with Crippen molar-refractivity contribution in [2.24, 2.45) is 5.92 Å². The van der Waals surface area contributed by atoms with E-state index < -0.39 is 0 Å². The van der Waals surface area contributed by atoms with Crippen LogP contribution in [0.4, 0.5) is 0 Å². The van der Waals surface area contributed by atoms with Gasteiger partial charge in [-0.15, -0.1) is 0 Å². The highest BCUT2D eigenvalue weighted by atomic mass is 14.9. The first-order valence-electron chi connectivity index (χ1n) is 9.05. The van der Waals surface area contributed by atoms with Crippen molar-refractivity contribution >= 4 is 0 Å². The summed E-state index contributed by atoms with van der Waals surface area (Å²) >= 11 is 0. The number of hydrogen-bond acceptors (Lipinski definition) is 1. The van der Waals surface area contributed by atoms with Crippen molar-refractivity contribution in [1.82, 2.24) is 5.32 Å². The van der Waals surface area contributed by atoms with Gasteiger partial charge in [-0.2, -0.15) is 0 Å². The number of aryl methyl sites for hydroxylation is 1. The zero-order chi connectivity index (χ0) is 15.1. The van der Waals surface area contributed by atoms with Crippen molar-refractivity contribution < 1.29 is 0 Å². The Morgan fingerprint density at radius 2 is 2.05 bits per heavy atom. The van der Waals surface area contributed by atoms with E-state index in [-0.39, 0.29) is 0 Å². The predicted octanol–water partition coefficient (Wildman–Crippen LogP) is 5.30. The standard InChI is InChI=1S/C20H33N/c1-4-6-10-16(5-2)20(21-3)15-18-13-9-12-17-11-7-8-14-19(17)18/h7-8,11,14,16,18,20-21H,4-6,9-10,12-13,15H2,1-3H3. The molecule has 21 heavy (non-hydrogen) atoms. The summed E-state index contributed by atoms with van der Waals surface area (Å²) in [4.78, 5) is 0. The molecular formula is C20H33N. The maximum atomic E-state index is 3.64. The molecular weight excluding hydrogens is 254 g/mol. The van der Waals surface area contributed by atoms with Crippen LogP contribution in [0.3, 0.4) is 0 Å². The van der Waals surface area contributed by atoms with E-state index >= 15 is 0 Å². The van der Waals surface area contributed by atoms with E-state index in [0.29, 0.717) is 6.04 Å². The predicted molar refractivity (Wildman–Crippen MR) is 92.9 cm³/mol. The largest absolute Gasteiger partial charge is 0.317 e. The van der Waals surface area contributed by atoms with Gasteiger partial charge in [-0.05, 0) is 62.1 Å². The van der Waals surface area contributed by atoms with Gasteiger partial charge in [0.05, 0.1) is 0 Å². The summed E-state index contributed by atoms with van der Waals surface area (Å²) < 4.78 is 0. The summed E-state index contributed by atoms with van der Waals surface area (Å²) in [5, 5.41) is 3.64. The fraction of sp³-hybridized carbons (Fsp3) is 0.700. The lowest BCUT2D eigenvalue weighted by molar-refractivity contribution is 0.293. The van der Waals surface area contributed by atoms with Crippen molar-refractivity contribution in [3.05, 3.63) is 35.4 Å². The molecule has 0 fully saturated rings. The Morgan fingerprint density at radius 3 is 2.76 bits per heavy atom. The average Bonchev–Trinajstić information content (AvgIpc) is 2.54. The van der Waals surface area contributed by atoms with Crippen LogP contribution in [0.2, 0.25) is 0 Å². The second-order valence-electron chi connectivity index (χ2n) is 6.73. The molecule has 0 saturated heterocycles. The summed E-state index contributed by atoms with van der Waals surface area (Å²) in [6, 6.07) is 9.81. The molecule has 0 bridgehead atoms. The van der Waals surface area contributed by atoms with Crippen LogP contribution in [0.1, 0.15) is 75.8 Å². The summed E-state index contributed by atoms with van der Waals surface area (Å²) in [5.41, 5.74) is 3.24. The summed E-state index contributed by atoms with van der Waals surface area (Å²) in [6.07, 6.45) is 10.7. The minimum atomic E-state index is 0.678. The molecule has 1 N–H and O–H groups in total. The molecule has 0 aliphatic heterocycles. The summed E-state index contributed by atoms with van der Waals surface area (Å²) in [6.45, 7) is 4.66. The van der Waals surface area contributed by atoms with Crippen molar-refractivity contribution in [2.75, 3.05) is 7.05 Å². The van der Waals surface area contributed by atoms with E-state index in [2.05, 4.69) is 50.5 Å². The number of hydrogen-bond donors (Lipinski definition) is 1. The van der Waals surface area contributed by atoms with Gasteiger partial charge in [-0.25, -0.2) is 0 Å². The normalized spacial score (nSPS) is 20.8. The SMILES string of the molecule is CCCCC(CC)C(CC1CCCc2ccccc21)NC. The molecule has 3 atom stereocenters. The number of benzene rings is 1. The smallest absolute Gasteiger partial charge is 0.00980 e. The topological polar surface area (TPSA) is 12.0 Å². The molecule has 1 heteroatoms. The van der Waals surface area contributed by atoms with Gasteiger partial charge in [0.1, 0.15) is 0 Å². The minimum Gasteiger partial charge on any atom is -0.317 e. The first-order chi connectivity index (χ1) is 10.3. The van der Waals surface area contributed by atoms with Crippen LogP contribution in [-0.2, 0) is 6.42 Å². The highest BCUT2D eigenvalue weighted by Crippen LogP contribution is 2.36. The Balaban J connectivity index is 2.05. The van der Waals surface area contributed by atoms with Gasteiger partial charge in [0.25, 0.3) is 0 Å². The summed E-state index contributed by atoms with van der Waals surface area (Å²) in [5.74, 6) is 1.60. The van der Waals surface area contributed by atoms with Crippen LogP contribution in [0, 0.1) is 5.92 Å². The average molecular weight is 287 g/mol. The van der Waals surface area contributed by atoms with Gasteiger partial charge in [0, 0.05) is 6.04 Å². The summed E-state index contributed by atoms with van der Waals surface area (Å²) in [7, 11) is 2.16. The molecule has 1 aromatic rings. The fourth-order valence-electron chi connectivity index (χ4n) is 4.11. The van der Waals surface area contributed by atoms with E-state index in [1.165, 1.54) is 51.4 Å². The lowest BCUT2D eigenvalue weighted by Gasteiger charge is -2.33. The maximum absolute atomic E-state index is 3.64. The second kappa shape index (κ2) is 8.58. The van der Waals surface area contributed by atoms with Gasteiger partial charge in [0.2, 0.25) is 0 Å². The number of unbranched alkanes of at least 4 members (excludes halogenated alkanes) is 1. The zero-order valence-electron chi connectivity index (χ0n) is 14.2. The third kappa shape index (κ3) is 4.32. The maximum Gasteiger partial charge on any atom is 0.00980 e. The quantitative estimate of drug-likeness (QED) is 0.684. The lowest BCUT2D eigenvalue weighted by Crippen LogP contribution is -2.35. The molecule has 0 heterocycles. The third-order valence-corrected chi connectivity index (χ3v) is 5.42. The van der Waals surface area contributed by atoms with Crippen LogP contribution in [-0.4, -0.2) is 13.1 Å². The first-order valence-corrected chi connectivity index (χ1v) is 9.05. The second-order valence-corrected chi connectivity index (χ2v) is 6.73. The molecule has 1 aliphatic carbocycles. The highest BCUT2D eigenvalue weighted by Gasteiger charge is 2.26. The monoisotopic (exact) mass is 287 g/mol. The Morgan fingerprint density at radius 1 is 1.24 bits per heavy atom. The Labute approximate surface area is 131 Å². The van der Waals surface area contributed by atoms with Crippen LogP contribution in [0.5, 0.6) is 0 Å². The van der Waals surface area contributed by atoms with E-state index in [1.54, 1.807) is 11.1 Å². The van der Waals surface area contributed by atoms with Gasteiger partial charge >= 0.3 is 0 Å². The van der Waals surface area contributed by atoms with Crippen LogP contribution in [0.15, 0.2) is 24.3 Å². The van der Waals surface area contributed by atoms with E-state index in [0.717, 1.165) is 11.8 Å². The molecule has 118 valence electrons. The molecule has 1 nitrogen and oxygen atoms in total. The van der Waals surface area contributed by atoms with E-state index in [1.807, 2.05) is 0 Å². The van der Waals surface area contributed by atoms with Gasteiger partial charge in [0.15, 0.2) is 0 Å². The Bertz CT molecular complexity index is 412. The van der Waals surface area contributed by atoms with Gasteiger partial charge in [-0.3, -0.25) is 0 Å². The van der Waals surface area contributed by atoms with Crippen molar-refractivity contribution in [3.8, 4) is 0 Å². The highest BCUT2D eigenvalue weighted by molar-refractivity contribution is 5.32. The van der Waals surface area contributed by atoms with Gasteiger partial charge in [-0.1, -0.05) is 57.4 Å². The lowest BCUT2D eigenvalue weighted by atomic mass is 9.76. The molecule has 0 amide bonds. The van der Waals surface area contributed by atoms with Crippen molar-refractivity contribution in [3.63, 3.8) is 0 Å². The Kier molecular flexibility index (Phi) is 6.76. The van der Waals surface area contributed by atoms with E-state index in [4.69, 9.17) is 0 Å².